The molecule has 1 heterocycles. The SMILES string of the molecule is COC(=O)[C@H](C)Nc1ccc2c(c1)oc1ccccc12.Cl. The topological polar surface area (TPSA) is 51.5 Å². The molecule has 0 bridgehead atoms. The van der Waals surface area contributed by atoms with Gasteiger partial charge in [-0.1, -0.05) is 18.2 Å². The van der Waals surface area contributed by atoms with Crippen LogP contribution in [0.5, 0.6) is 0 Å². The second-order valence-electron chi connectivity index (χ2n) is 4.70. The highest BCUT2D eigenvalue weighted by Crippen LogP contribution is 2.30. The largest absolute Gasteiger partial charge is 0.467 e. The molecule has 0 saturated heterocycles. The van der Waals surface area contributed by atoms with Crippen LogP contribution in [0.3, 0.4) is 0 Å². The summed E-state index contributed by atoms with van der Waals surface area (Å²) in [5.74, 6) is -0.297. The minimum atomic E-state index is -0.401. The first-order valence-corrected chi connectivity index (χ1v) is 6.44. The number of methoxy groups -OCH3 is 1. The Morgan fingerprint density at radius 1 is 1.14 bits per heavy atom. The van der Waals surface area contributed by atoms with Gasteiger partial charge in [0, 0.05) is 22.5 Å². The number of esters is 1. The zero-order valence-electron chi connectivity index (χ0n) is 11.8. The first-order chi connectivity index (χ1) is 9.69. The Hall–Kier alpha value is -2.20. The van der Waals surface area contributed by atoms with E-state index < -0.39 is 6.04 Å². The second kappa shape index (κ2) is 6.06. The van der Waals surface area contributed by atoms with E-state index in [2.05, 4.69) is 5.32 Å². The molecular formula is C16H16ClNO3. The number of benzene rings is 2. The number of halogens is 1. The van der Waals surface area contributed by atoms with Crippen molar-refractivity contribution in [2.45, 2.75) is 13.0 Å². The first kappa shape index (κ1) is 15.2. The summed E-state index contributed by atoms with van der Waals surface area (Å²) in [5, 5.41) is 5.25. The molecule has 1 aromatic heterocycles. The quantitative estimate of drug-likeness (QED) is 0.744. The van der Waals surface area contributed by atoms with Gasteiger partial charge in [-0.15, -0.1) is 12.4 Å². The highest BCUT2D eigenvalue weighted by atomic mass is 35.5. The van der Waals surface area contributed by atoms with Gasteiger partial charge in [0.15, 0.2) is 0 Å². The molecule has 0 aliphatic heterocycles. The molecular weight excluding hydrogens is 290 g/mol. The molecule has 3 aromatic rings. The zero-order chi connectivity index (χ0) is 14.1. The van der Waals surface area contributed by atoms with Crippen LogP contribution in [-0.2, 0) is 9.53 Å². The molecule has 21 heavy (non-hydrogen) atoms. The average molecular weight is 306 g/mol. The van der Waals surface area contributed by atoms with Crippen LogP contribution in [0.15, 0.2) is 46.9 Å². The standard InChI is InChI=1S/C16H15NO3.ClH/c1-10(16(18)19-2)17-11-7-8-13-12-5-3-4-6-14(12)20-15(13)9-11;/h3-10,17H,1-2H3;1H/t10-;/m0./s1. The van der Waals surface area contributed by atoms with Crippen molar-refractivity contribution >= 4 is 46.0 Å². The van der Waals surface area contributed by atoms with E-state index in [-0.39, 0.29) is 18.4 Å². The van der Waals surface area contributed by atoms with E-state index in [0.717, 1.165) is 27.6 Å². The normalized spacial score (nSPS) is 11.9. The summed E-state index contributed by atoms with van der Waals surface area (Å²) in [6.45, 7) is 1.76. The van der Waals surface area contributed by atoms with Crippen LogP contribution in [0, 0.1) is 0 Å². The molecule has 0 fully saturated rings. The molecule has 4 nitrogen and oxygen atoms in total. The predicted molar refractivity (Wildman–Crippen MR) is 86.1 cm³/mol. The van der Waals surface area contributed by atoms with Crippen LogP contribution in [-0.4, -0.2) is 19.1 Å². The van der Waals surface area contributed by atoms with Crippen molar-refractivity contribution in [2.75, 3.05) is 12.4 Å². The van der Waals surface area contributed by atoms with Gasteiger partial charge < -0.3 is 14.5 Å². The molecule has 1 atom stereocenters. The number of nitrogens with one attached hydrogen (secondary N) is 1. The highest BCUT2D eigenvalue weighted by molar-refractivity contribution is 6.05. The summed E-state index contributed by atoms with van der Waals surface area (Å²) in [7, 11) is 1.38. The molecule has 0 aliphatic rings. The third-order valence-electron chi connectivity index (χ3n) is 3.32. The third-order valence-corrected chi connectivity index (χ3v) is 3.32. The summed E-state index contributed by atoms with van der Waals surface area (Å²) in [6.07, 6.45) is 0. The molecule has 0 saturated carbocycles. The Morgan fingerprint density at radius 2 is 1.86 bits per heavy atom. The average Bonchev–Trinajstić information content (AvgIpc) is 2.83. The molecule has 0 unspecified atom stereocenters. The third kappa shape index (κ3) is 2.81. The number of rotatable bonds is 3. The first-order valence-electron chi connectivity index (χ1n) is 6.44. The molecule has 2 aromatic carbocycles. The van der Waals surface area contributed by atoms with Crippen molar-refractivity contribution in [1.82, 2.24) is 0 Å². The lowest BCUT2D eigenvalue weighted by atomic mass is 10.1. The maximum atomic E-state index is 11.4. The Balaban J connectivity index is 0.00000161. The maximum absolute atomic E-state index is 11.4. The number of ether oxygens (including phenoxy) is 1. The van der Waals surface area contributed by atoms with Gasteiger partial charge in [-0.25, -0.2) is 4.79 Å². The van der Waals surface area contributed by atoms with E-state index in [1.807, 2.05) is 42.5 Å². The van der Waals surface area contributed by atoms with E-state index in [1.54, 1.807) is 6.92 Å². The highest BCUT2D eigenvalue weighted by Gasteiger charge is 2.13. The molecule has 0 radical (unpaired) electrons. The number of anilines is 1. The molecule has 0 amide bonds. The molecule has 0 aliphatic carbocycles. The van der Waals surface area contributed by atoms with Gasteiger partial charge in [0.1, 0.15) is 17.2 Å². The van der Waals surface area contributed by atoms with Crippen LogP contribution in [0.1, 0.15) is 6.92 Å². The Bertz CT molecular complexity index is 781. The van der Waals surface area contributed by atoms with Crippen LogP contribution in [0.25, 0.3) is 21.9 Å². The van der Waals surface area contributed by atoms with E-state index in [0.29, 0.717) is 0 Å². The Morgan fingerprint density at radius 3 is 2.62 bits per heavy atom. The smallest absolute Gasteiger partial charge is 0.327 e. The summed E-state index contributed by atoms with van der Waals surface area (Å²) in [4.78, 5) is 11.4. The summed E-state index contributed by atoms with van der Waals surface area (Å²) < 4.78 is 10.5. The predicted octanol–water partition coefficient (Wildman–Crippen LogP) is 3.98. The lowest BCUT2D eigenvalue weighted by Crippen LogP contribution is -2.27. The van der Waals surface area contributed by atoms with Gasteiger partial charge in [-0.3, -0.25) is 0 Å². The maximum Gasteiger partial charge on any atom is 0.327 e. The van der Waals surface area contributed by atoms with Crippen molar-refractivity contribution in [3.05, 3.63) is 42.5 Å². The van der Waals surface area contributed by atoms with Crippen molar-refractivity contribution < 1.29 is 13.9 Å². The van der Waals surface area contributed by atoms with Crippen molar-refractivity contribution in [3.8, 4) is 0 Å². The molecule has 3 rings (SSSR count). The number of hydrogen-bond donors (Lipinski definition) is 1. The number of carbonyl (C=O) groups excluding carboxylic acids is 1. The fourth-order valence-corrected chi connectivity index (χ4v) is 2.30. The van der Waals surface area contributed by atoms with Crippen molar-refractivity contribution in [1.29, 1.82) is 0 Å². The van der Waals surface area contributed by atoms with Gasteiger partial charge in [-0.05, 0) is 25.1 Å². The van der Waals surface area contributed by atoms with Crippen molar-refractivity contribution in [3.63, 3.8) is 0 Å². The van der Waals surface area contributed by atoms with Gasteiger partial charge in [0.2, 0.25) is 0 Å². The molecule has 1 N–H and O–H groups in total. The lowest BCUT2D eigenvalue weighted by molar-refractivity contribution is -0.141. The number of hydrogen-bond acceptors (Lipinski definition) is 4. The fraction of sp³-hybridized carbons (Fsp3) is 0.188. The number of carbonyl (C=O) groups is 1. The van der Waals surface area contributed by atoms with Gasteiger partial charge >= 0.3 is 5.97 Å². The van der Waals surface area contributed by atoms with Gasteiger partial charge in [-0.2, -0.15) is 0 Å². The van der Waals surface area contributed by atoms with Crippen LogP contribution in [0.4, 0.5) is 5.69 Å². The Kier molecular flexibility index (Phi) is 4.38. The Labute approximate surface area is 128 Å². The van der Waals surface area contributed by atoms with Crippen LogP contribution >= 0.6 is 12.4 Å². The summed E-state index contributed by atoms with van der Waals surface area (Å²) in [5.41, 5.74) is 2.49. The number of fused-ring (bicyclic) bond motifs is 3. The van der Waals surface area contributed by atoms with Gasteiger partial charge in [0.05, 0.1) is 7.11 Å². The van der Waals surface area contributed by atoms with E-state index >= 15 is 0 Å². The van der Waals surface area contributed by atoms with Crippen molar-refractivity contribution in [2.24, 2.45) is 0 Å². The van der Waals surface area contributed by atoms with Gasteiger partial charge in [0.25, 0.3) is 0 Å². The zero-order valence-corrected chi connectivity index (χ0v) is 12.6. The number of furan rings is 1. The van der Waals surface area contributed by atoms with Crippen LogP contribution in [0.2, 0.25) is 0 Å². The van der Waals surface area contributed by atoms with Crippen LogP contribution < -0.4 is 5.32 Å². The lowest BCUT2D eigenvalue weighted by Gasteiger charge is -2.12. The number of para-hydroxylation sites is 1. The van der Waals surface area contributed by atoms with E-state index in [4.69, 9.17) is 9.15 Å². The molecule has 110 valence electrons. The molecule has 0 spiro atoms. The molecule has 5 heteroatoms. The summed E-state index contributed by atoms with van der Waals surface area (Å²) >= 11 is 0. The minimum Gasteiger partial charge on any atom is -0.467 e. The van der Waals surface area contributed by atoms with E-state index in [1.165, 1.54) is 7.11 Å². The van der Waals surface area contributed by atoms with E-state index in [9.17, 15) is 4.79 Å². The monoisotopic (exact) mass is 305 g/mol. The fourth-order valence-electron chi connectivity index (χ4n) is 2.30. The minimum absolute atomic E-state index is 0. The summed E-state index contributed by atoms with van der Waals surface area (Å²) in [6, 6.07) is 13.3. The second-order valence-corrected chi connectivity index (χ2v) is 4.70.